The first-order chi connectivity index (χ1) is 13.6. The summed E-state index contributed by atoms with van der Waals surface area (Å²) >= 11 is 0. The van der Waals surface area contributed by atoms with Gasteiger partial charge in [0.15, 0.2) is 11.5 Å². The second-order valence-corrected chi connectivity index (χ2v) is 6.92. The average molecular weight is 372 g/mol. The molecule has 0 fully saturated rings. The van der Waals surface area contributed by atoms with E-state index in [-0.39, 0.29) is 0 Å². The predicted octanol–water partition coefficient (Wildman–Crippen LogP) is 5.82. The molecule has 1 heterocycles. The Morgan fingerprint density at radius 1 is 0.893 bits per heavy atom. The van der Waals surface area contributed by atoms with Gasteiger partial charge in [-0.05, 0) is 62.2 Å². The van der Waals surface area contributed by atoms with E-state index in [1.165, 1.54) is 16.7 Å². The fraction of sp³-hybridized carbons (Fsp3) is 0.208. The highest BCUT2D eigenvalue weighted by Gasteiger charge is 2.11. The molecule has 4 heteroatoms. The zero-order valence-corrected chi connectivity index (χ0v) is 16.5. The predicted molar refractivity (Wildman–Crippen MR) is 113 cm³/mol. The minimum absolute atomic E-state index is 0.511. The van der Waals surface area contributed by atoms with Gasteiger partial charge in [-0.3, -0.25) is 0 Å². The lowest BCUT2D eigenvalue weighted by molar-refractivity contribution is 0.269. The van der Waals surface area contributed by atoms with Gasteiger partial charge in [-0.15, -0.1) is 0 Å². The number of hydrogen-bond donors (Lipinski definition) is 1. The van der Waals surface area contributed by atoms with Gasteiger partial charge in [-0.2, -0.15) is 0 Å². The quantitative estimate of drug-likeness (QED) is 0.463. The van der Waals surface area contributed by atoms with Crippen molar-refractivity contribution in [1.29, 1.82) is 0 Å². The maximum Gasteiger partial charge on any atom is 0.161 e. The van der Waals surface area contributed by atoms with Gasteiger partial charge in [-0.1, -0.05) is 35.9 Å². The normalized spacial score (nSPS) is 11.0. The fourth-order valence-corrected chi connectivity index (χ4v) is 3.24. The molecule has 0 bridgehead atoms. The van der Waals surface area contributed by atoms with Crippen molar-refractivity contribution in [3.8, 4) is 22.9 Å². The number of aromatic nitrogens is 2. The Labute approximate surface area is 165 Å². The summed E-state index contributed by atoms with van der Waals surface area (Å²) in [5.74, 6) is 2.29. The van der Waals surface area contributed by atoms with E-state index in [2.05, 4.69) is 42.0 Å². The van der Waals surface area contributed by atoms with Crippen molar-refractivity contribution < 1.29 is 9.47 Å². The van der Waals surface area contributed by atoms with E-state index in [0.29, 0.717) is 13.2 Å². The highest BCUT2D eigenvalue weighted by Crippen LogP contribution is 2.33. The Balaban J connectivity index is 1.62. The number of fused-ring (bicyclic) bond motifs is 1. The molecule has 0 saturated carbocycles. The zero-order chi connectivity index (χ0) is 19.5. The van der Waals surface area contributed by atoms with E-state index in [1.54, 1.807) is 0 Å². The number of aryl methyl sites for hydroxylation is 2. The molecule has 0 aliphatic carbocycles. The highest BCUT2D eigenvalue weighted by molar-refractivity contribution is 5.79. The SMILES string of the molecule is CCOc1cc(-c2nc3ccccc3[nH]2)ccc1OCc1cc(C)ccc1C. The van der Waals surface area contributed by atoms with Crippen molar-refractivity contribution in [3.63, 3.8) is 0 Å². The van der Waals surface area contributed by atoms with Crippen LogP contribution in [0.15, 0.2) is 60.7 Å². The third-order valence-electron chi connectivity index (χ3n) is 4.79. The molecular formula is C24H24N2O2. The van der Waals surface area contributed by atoms with Crippen LogP contribution in [0.2, 0.25) is 0 Å². The monoisotopic (exact) mass is 372 g/mol. The molecule has 0 spiro atoms. The molecule has 0 aliphatic rings. The molecule has 0 amide bonds. The van der Waals surface area contributed by atoms with Gasteiger partial charge in [0.25, 0.3) is 0 Å². The lowest BCUT2D eigenvalue weighted by atomic mass is 10.1. The summed E-state index contributed by atoms with van der Waals surface area (Å²) in [6, 6.07) is 20.4. The molecule has 0 radical (unpaired) electrons. The summed E-state index contributed by atoms with van der Waals surface area (Å²) < 4.78 is 12.0. The molecule has 0 atom stereocenters. The molecule has 1 N–H and O–H groups in total. The third-order valence-corrected chi connectivity index (χ3v) is 4.79. The maximum atomic E-state index is 6.11. The fourth-order valence-electron chi connectivity index (χ4n) is 3.24. The number of hydrogen-bond acceptors (Lipinski definition) is 3. The molecule has 0 unspecified atom stereocenters. The van der Waals surface area contributed by atoms with Crippen molar-refractivity contribution in [2.75, 3.05) is 6.61 Å². The van der Waals surface area contributed by atoms with Gasteiger partial charge in [0.2, 0.25) is 0 Å². The standard InChI is InChI=1S/C24H24N2O2/c1-4-27-23-14-18(24-25-20-7-5-6-8-21(20)26-24)11-12-22(23)28-15-19-13-16(2)9-10-17(19)3/h5-14H,4,15H2,1-3H3,(H,25,26). The number of aromatic amines is 1. The van der Waals surface area contributed by atoms with Crippen LogP contribution in [0.3, 0.4) is 0 Å². The van der Waals surface area contributed by atoms with Gasteiger partial charge in [-0.25, -0.2) is 4.98 Å². The number of nitrogens with one attached hydrogen (secondary N) is 1. The third kappa shape index (κ3) is 3.72. The second-order valence-electron chi connectivity index (χ2n) is 6.92. The summed E-state index contributed by atoms with van der Waals surface area (Å²) in [6.07, 6.45) is 0. The van der Waals surface area contributed by atoms with Crippen LogP contribution in [-0.4, -0.2) is 16.6 Å². The molecule has 3 aromatic carbocycles. The Bertz CT molecular complexity index is 1080. The van der Waals surface area contributed by atoms with E-state index < -0.39 is 0 Å². The first kappa shape index (κ1) is 18.1. The number of para-hydroxylation sites is 2. The molecule has 0 saturated heterocycles. The van der Waals surface area contributed by atoms with E-state index in [1.807, 2.05) is 49.4 Å². The molecule has 4 nitrogen and oxygen atoms in total. The van der Waals surface area contributed by atoms with Crippen LogP contribution in [0.4, 0.5) is 0 Å². The van der Waals surface area contributed by atoms with Crippen LogP contribution in [0.1, 0.15) is 23.6 Å². The van der Waals surface area contributed by atoms with Crippen LogP contribution >= 0.6 is 0 Å². The molecule has 4 rings (SSSR count). The number of nitrogens with zero attached hydrogens (tertiary/aromatic N) is 1. The number of ether oxygens (including phenoxy) is 2. The van der Waals surface area contributed by atoms with Crippen LogP contribution in [0.25, 0.3) is 22.4 Å². The Morgan fingerprint density at radius 3 is 2.57 bits per heavy atom. The van der Waals surface area contributed by atoms with Crippen LogP contribution in [-0.2, 0) is 6.61 Å². The summed E-state index contributed by atoms with van der Waals surface area (Å²) in [5.41, 5.74) is 6.58. The van der Waals surface area contributed by atoms with Crippen molar-refractivity contribution in [2.45, 2.75) is 27.4 Å². The van der Waals surface area contributed by atoms with Crippen LogP contribution < -0.4 is 9.47 Å². The summed E-state index contributed by atoms with van der Waals surface area (Å²) in [4.78, 5) is 8.04. The van der Waals surface area contributed by atoms with Crippen molar-refractivity contribution in [2.24, 2.45) is 0 Å². The van der Waals surface area contributed by atoms with Gasteiger partial charge >= 0.3 is 0 Å². The van der Waals surface area contributed by atoms with E-state index >= 15 is 0 Å². The lowest BCUT2D eigenvalue weighted by Gasteiger charge is -2.14. The minimum Gasteiger partial charge on any atom is -0.490 e. The van der Waals surface area contributed by atoms with Gasteiger partial charge in [0, 0.05) is 5.56 Å². The van der Waals surface area contributed by atoms with Crippen LogP contribution in [0.5, 0.6) is 11.5 Å². The molecule has 142 valence electrons. The maximum absolute atomic E-state index is 6.11. The van der Waals surface area contributed by atoms with E-state index in [9.17, 15) is 0 Å². The van der Waals surface area contributed by atoms with Gasteiger partial charge in [0.05, 0.1) is 17.6 Å². The smallest absolute Gasteiger partial charge is 0.161 e. The van der Waals surface area contributed by atoms with Gasteiger partial charge < -0.3 is 14.5 Å². The summed E-state index contributed by atoms with van der Waals surface area (Å²) in [7, 11) is 0. The van der Waals surface area contributed by atoms with E-state index in [0.717, 1.165) is 33.9 Å². The van der Waals surface area contributed by atoms with Crippen molar-refractivity contribution in [3.05, 3.63) is 77.4 Å². The summed E-state index contributed by atoms with van der Waals surface area (Å²) in [5, 5.41) is 0. The van der Waals surface area contributed by atoms with E-state index in [4.69, 9.17) is 9.47 Å². The van der Waals surface area contributed by atoms with Crippen molar-refractivity contribution in [1.82, 2.24) is 9.97 Å². The van der Waals surface area contributed by atoms with Crippen LogP contribution in [0, 0.1) is 13.8 Å². The Hall–Kier alpha value is -3.27. The topological polar surface area (TPSA) is 47.1 Å². The number of imidazole rings is 1. The number of H-pyrrole nitrogens is 1. The largest absolute Gasteiger partial charge is 0.490 e. The number of benzene rings is 3. The average Bonchev–Trinajstić information content (AvgIpc) is 3.14. The second kappa shape index (κ2) is 7.77. The summed E-state index contributed by atoms with van der Waals surface area (Å²) in [6.45, 7) is 7.26. The van der Waals surface area contributed by atoms with Crippen molar-refractivity contribution >= 4 is 11.0 Å². The zero-order valence-electron chi connectivity index (χ0n) is 16.5. The highest BCUT2D eigenvalue weighted by atomic mass is 16.5. The molecule has 0 aliphatic heterocycles. The lowest BCUT2D eigenvalue weighted by Crippen LogP contribution is -2.01. The molecule has 4 aromatic rings. The van der Waals surface area contributed by atoms with Gasteiger partial charge in [0.1, 0.15) is 12.4 Å². The first-order valence-electron chi connectivity index (χ1n) is 9.55. The first-order valence-corrected chi connectivity index (χ1v) is 9.55. The molecule has 1 aromatic heterocycles. The Morgan fingerprint density at radius 2 is 1.75 bits per heavy atom. The molecule has 28 heavy (non-hydrogen) atoms. The minimum atomic E-state index is 0.511. The molecular weight excluding hydrogens is 348 g/mol. The number of rotatable bonds is 6. The Kier molecular flexibility index (Phi) is 5.02.